The fraction of sp³-hybridized carbons (Fsp3) is 0.783. The first-order valence-electron chi connectivity index (χ1n) is 22.5. The summed E-state index contributed by atoms with van der Waals surface area (Å²) < 4.78 is 34.1. The monoisotopic (exact) mass is 843 g/mol. The van der Waals surface area contributed by atoms with E-state index in [1.165, 1.54) is 70.6 Å². The van der Waals surface area contributed by atoms with E-state index in [2.05, 4.69) is 50.3 Å². The van der Waals surface area contributed by atoms with Crippen LogP contribution in [0.1, 0.15) is 168 Å². The van der Waals surface area contributed by atoms with E-state index in [9.17, 15) is 29.3 Å². The lowest BCUT2D eigenvalue weighted by atomic mass is 10.0. The van der Waals surface area contributed by atoms with Crippen molar-refractivity contribution in [3.05, 3.63) is 48.6 Å². The number of ether oxygens (including phenoxy) is 2. The topological polar surface area (TPSA) is 149 Å². The van der Waals surface area contributed by atoms with Gasteiger partial charge < -0.3 is 29.1 Å². The molecule has 0 aliphatic carbocycles. The number of phosphoric ester groups is 1. The van der Waals surface area contributed by atoms with Gasteiger partial charge in [-0.3, -0.25) is 18.6 Å². The van der Waals surface area contributed by atoms with Crippen LogP contribution < -0.4 is 0 Å². The van der Waals surface area contributed by atoms with Crippen molar-refractivity contribution in [1.29, 1.82) is 0 Å². The Hall–Kier alpha value is -2.11. The van der Waals surface area contributed by atoms with Gasteiger partial charge in [0.1, 0.15) is 19.8 Å². The van der Waals surface area contributed by atoms with Gasteiger partial charge in [-0.05, 0) is 51.4 Å². The average Bonchev–Trinajstić information content (AvgIpc) is 3.17. The van der Waals surface area contributed by atoms with Gasteiger partial charge in [0.05, 0.1) is 40.0 Å². The molecule has 0 heterocycles. The highest BCUT2D eigenvalue weighted by molar-refractivity contribution is 7.47. The van der Waals surface area contributed by atoms with Crippen molar-refractivity contribution < 1.29 is 52.3 Å². The minimum atomic E-state index is -4.44. The molecule has 0 saturated carbocycles. The normalized spacial score (nSPS) is 15.1. The molecular formula is C46H85NO10P+. The molecule has 0 spiro atoms. The molecule has 0 bridgehead atoms. The van der Waals surface area contributed by atoms with Crippen LogP contribution >= 0.6 is 7.82 Å². The summed E-state index contributed by atoms with van der Waals surface area (Å²) in [7, 11) is 1.32. The van der Waals surface area contributed by atoms with Crippen LogP contribution in [-0.2, 0) is 32.7 Å². The lowest BCUT2D eigenvalue weighted by Crippen LogP contribution is -2.37. The van der Waals surface area contributed by atoms with Gasteiger partial charge in [-0.15, -0.1) is 0 Å². The Labute approximate surface area is 353 Å². The Bertz CT molecular complexity index is 1170. The van der Waals surface area contributed by atoms with Gasteiger partial charge in [0, 0.05) is 12.8 Å². The summed E-state index contributed by atoms with van der Waals surface area (Å²) in [5.41, 5.74) is 0. The number of quaternary nitrogens is 1. The lowest BCUT2D eigenvalue weighted by Gasteiger charge is -2.24. The van der Waals surface area contributed by atoms with Gasteiger partial charge in [-0.25, -0.2) is 4.57 Å². The summed E-state index contributed by atoms with van der Waals surface area (Å²) >= 11 is 0. The van der Waals surface area contributed by atoms with Crippen LogP contribution in [0.5, 0.6) is 0 Å². The van der Waals surface area contributed by atoms with E-state index >= 15 is 0 Å². The molecule has 3 N–H and O–H groups in total. The molecule has 0 saturated heterocycles. The second-order valence-corrected chi connectivity index (χ2v) is 17.8. The van der Waals surface area contributed by atoms with E-state index in [0.29, 0.717) is 23.9 Å². The van der Waals surface area contributed by atoms with Crippen LogP contribution in [0, 0.1) is 0 Å². The summed E-state index contributed by atoms with van der Waals surface area (Å²) in [6, 6.07) is 0. The number of carbonyl (C=O) groups excluding carboxylic acids is 2. The average molecular weight is 843 g/mol. The van der Waals surface area contributed by atoms with Crippen molar-refractivity contribution in [2.75, 3.05) is 47.5 Å². The van der Waals surface area contributed by atoms with Crippen LogP contribution in [0.4, 0.5) is 0 Å². The van der Waals surface area contributed by atoms with Gasteiger partial charge in [0.25, 0.3) is 0 Å². The number of carbonyl (C=O) groups is 2. The molecule has 0 aliphatic heterocycles. The first-order valence-corrected chi connectivity index (χ1v) is 24.0. The largest absolute Gasteiger partial charge is 0.472 e. The fourth-order valence-corrected chi connectivity index (χ4v) is 6.67. The Morgan fingerprint density at radius 1 is 0.603 bits per heavy atom. The number of aliphatic hydroxyl groups is 2. The number of rotatable bonds is 40. The maximum Gasteiger partial charge on any atom is 0.472 e. The Balaban J connectivity index is 4.58. The van der Waals surface area contributed by atoms with Crippen molar-refractivity contribution in [2.45, 2.75) is 186 Å². The zero-order chi connectivity index (χ0) is 43.2. The summed E-state index contributed by atoms with van der Waals surface area (Å²) in [4.78, 5) is 35.4. The van der Waals surface area contributed by atoms with Crippen molar-refractivity contribution in [2.24, 2.45) is 0 Å². The maximum atomic E-state index is 12.7. The van der Waals surface area contributed by atoms with Gasteiger partial charge >= 0.3 is 19.8 Å². The van der Waals surface area contributed by atoms with E-state index in [4.69, 9.17) is 18.5 Å². The Kier molecular flexibility index (Phi) is 36.5. The second kappa shape index (κ2) is 37.9. The Morgan fingerprint density at radius 3 is 1.60 bits per heavy atom. The molecule has 0 aromatic rings. The van der Waals surface area contributed by atoms with E-state index in [0.717, 1.165) is 44.9 Å². The van der Waals surface area contributed by atoms with Crippen molar-refractivity contribution >= 4 is 19.8 Å². The minimum Gasteiger partial charge on any atom is -0.462 e. The van der Waals surface area contributed by atoms with E-state index in [-0.39, 0.29) is 38.9 Å². The summed E-state index contributed by atoms with van der Waals surface area (Å²) in [6.45, 7) is 3.97. The van der Waals surface area contributed by atoms with E-state index in [1.807, 2.05) is 33.3 Å². The molecule has 11 nitrogen and oxygen atoms in total. The summed E-state index contributed by atoms with van der Waals surface area (Å²) in [6.07, 6.45) is 36.2. The quantitative estimate of drug-likeness (QED) is 0.0179. The zero-order valence-corrected chi connectivity index (χ0v) is 38.1. The predicted octanol–water partition coefficient (Wildman–Crippen LogP) is 10.6. The molecule has 0 aromatic heterocycles. The van der Waals surface area contributed by atoms with Crippen molar-refractivity contribution in [3.63, 3.8) is 0 Å². The molecule has 4 atom stereocenters. The fourth-order valence-electron chi connectivity index (χ4n) is 5.92. The first-order chi connectivity index (χ1) is 27.8. The highest BCUT2D eigenvalue weighted by Gasteiger charge is 2.27. The second-order valence-electron chi connectivity index (χ2n) is 16.4. The molecule has 1 unspecified atom stereocenters. The van der Waals surface area contributed by atoms with Crippen LogP contribution in [0.3, 0.4) is 0 Å². The molecule has 0 rings (SSSR count). The Morgan fingerprint density at radius 2 is 1.09 bits per heavy atom. The molecule has 0 aromatic carbocycles. The first kappa shape index (κ1) is 55.9. The van der Waals surface area contributed by atoms with Gasteiger partial charge in [0.15, 0.2) is 6.10 Å². The molecule has 58 heavy (non-hydrogen) atoms. The lowest BCUT2D eigenvalue weighted by molar-refractivity contribution is -0.870. The minimum absolute atomic E-state index is 0.0140. The van der Waals surface area contributed by atoms with Gasteiger partial charge in [0.2, 0.25) is 0 Å². The van der Waals surface area contributed by atoms with Crippen LogP contribution in [0.25, 0.3) is 0 Å². The smallest absolute Gasteiger partial charge is 0.462 e. The number of esters is 2. The van der Waals surface area contributed by atoms with Crippen LogP contribution in [0.15, 0.2) is 48.6 Å². The van der Waals surface area contributed by atoms with Gasteiger partial charge in [-0.1, -0.05) is 152 Å². The molecule has 12 heteroatoms. The number of hydrogen-bond donors (Lipinski definition) is 3. The molecule has 338 valence electrons. The number of allylic oxidation sites excluding steroid dienone is 7. The molecule has 0 radical (unpaired) electrons. The third-order valence-electron chi connectivity index (χ3n) is 9.57. The van der Waals surface area contributed by atoms with Crippen molar-refractivity contribution in [3.8, 4) is 0 Å². The summed E-state index contributed by atoms with van der Waals surface area (Å²) in [5.74, 6) is -1.08. The van der Waals surface area contributed by atoms with Crippen molar-refractivity contribution in [1.82, 2.24) is 0 Å². The SMILES string of the molecule is CC/C=C\C/C=C\C/C=C\C/C=C\C[C@H](O)[C@@H](O)CCCC(=O)OC[C@H](COP(=O)(O)OCC[N+](C)(C)C)OC(=O)CCCCCCCCCCCCCCCCC. The maximum absolute atomic E-state index is 12.7. The number of hydrogen-bond acceptors (Lipinski definition) is 9. The molecule has 0 aliphatic rings. The zero-order valence-electron chi connectivity index (χ0n) is 37.2. The number of unbranched alkanes of at least 4 members (excludes halogenated alkanes) is 14. The van der Waals surface area contributed by atoms with E-state index in [1.54, 1.807) is 0 Å². The highest BCUT2D eigenvalue weighted by Crippen LogP contribution is 2.43. The third kappa shape index (κ3) is 39.4. The van der Waals surface area contributed by atoms with E-state index < -0.39 is 44.7 Å². The highest BCUT2D eigenvalue weighted by atomic mass is 31.2. The number of likely N-dealkylation sites (N-methyl/N-ethyl adjacent to an activating group) is 1. The van der Waals surface area contributed by atoms with Crippen LogP contribution in [0.2, 0.25) is 0 Å². The number of phosphoric acid groups is 1. The molecule has 0 fully saturated rings. The van der Waals surface area contributed by atoms with Crippen LogP contribution in [-0.4, -0.2) is 97.3 Å². The standard InChI is InChI=1S/C46H84NO10P/c1-6-8-10-12-14-16-18-20-21-22-24-26-28-30-32-36-46(51)57-42(41-56-58(52,53)55-39-38-47(3,4)5)40-54-45(50)37-33-35-44(49)43(48)34-31-29-27-25-23-19-17-15-13-11-9-7-2/h9,11,15,17,23,25,29,31,42-44,48-49H,6-8,10,12-14,16,18-22,24,26-28,30,32-41H2,1-5H3/p+1/b11-9-,17-15-,25-23-,31-29-/t42-,43+,44+/m1/s1. The predicted molar refractivity (Wildman–Crippen MR) is 236 cm³/mol. The molecular weight excluding hydrogens is 757 g/mol. The van der Waals surface area contributed by atoms with Gasteiger partial charge in [-0.2, -0.15) is 0 Å². The summed E-state index contributed by atoms with van der Waals surface area (Å²) in [5, 5.41) is 20.7. The number of nitrogens with zero attached hydrogens (tertiary/aromatic N) is 1. The third-order valence-corrected chi connectivity index (χ3v) is 10.6. The molecule has 0 amide bonds. The number of aliphatic hydroxyl groups excluding tert-OH is 2.